The molecule has 0 aliphatic rings. The Morgan fingerprint density at radius 1 is 1.10 bits per heavy atom. The van der Waals surface area contributed by atoms with Gasteiger partial charge < -0.3 is 14.0 Å². The van der Waals surface area contributed by atoms with Crippen LogP contribution in [-0.4, -0.2) is 29.6 Å². The summed E-state index contributed by atoms with van der Waals surface area (Å²) in [6.07, 6.45) is 3.68. The molecule has 0 spiro atoms. The number of benzene rings is 1. The highest BCUT2D eigenvalue weighted by atomic mass is 79.9. The lowest BCUT2D eigenvalue weighted by molar-refractivity contribution is -0.117. The molecule has 1 aromatic heterocycles. The van der Waals surface area contributed by atoms with Crippen LogP contribution < -0.4 is 20.3 Å². The van der Waals surface area contributed by atoms with Gasteiger partial charge in [-0.3, -0.25) is 20.4 Å². The molecule has 7 nitrogen and oxygen atoms in total. The highest BCUT2D eigenvalue weighted by molar-refractivity contribution is 9.10. The predicted octanol–water partition coefficient (Wildman–Crippen LogP) is 3.46. The summed E-state index contributed by atoms with van der Waals surface area (Å²) < 4.78 is 60.1. The molecule has 0 aliphatic heterocycles. The Hall–Kier alpha value is -3.02. The number of ether oxygens (including phenoxy) is 2. The fourth-order valence-electron chi connectivity index (χ4n) is 2.17. The largest absolute Gasteiger partial charge is 0.435 e. The third-order valence-corrected chi connectivity index (χ3v) is 3.78. The van der Waals surface area contributed by atoms with Gasteiger partial charge in [0.2, 0.25) is 0 Å². The maximum atomic E-state index is 12.5. The number of aromatic nitrogens is 1. The van der Waals surface area contributed by atoms with Crippen LogP contribution >= 0.6 is 15.9 Å². The van der Waals surface area contributed by atoms with Gasteiger partial charge in [0.15, 0.2) is 0 Å². The minimum atomic E-state index is -3.22. The topological polar surface area (TPSA) is 81.6 Å². The van der Waals surface area contributed by atoms with Crippen LogP contribution in [0.2, 0.25) is 0 Å². The van der Waals surface area contributed by atoms with Gasteiger partial charge in [-0.15, -0.1) is 0 Å². The average Bonchev–Trinajstić information content (AvgIpc) is 2.96. The molecule has 0 saturated carbocycles. The summed E-state index contributed by atoms with van der Waals surface area (Å²) in [6, 6.07) is 4.62. The van der Waals surface area contributed by atoms with Crippen molar-refractivity contribution in [2.75, 3.05) is 0 Å². The number of alkyl halides is 4. The van der Waals surface area contributed by atoms with Crippen molar-refractivity contribution in [2.24, 2.45) is 7.05 Å². The molecule has 0 saturated heterocycles. The van der Waals surface area contributed by atoms with E-state index in [0.29, 0.717) is 4.47 Å². The zero-order valence-corrected chi connectivity index (χ0v) is 16.3. The van der Waals surface area contributed by atoms with Gasteiger partial charge in [-0.2, -0.15) is 17.6 Å². The predicted molar refractivity (Wildman–Crippen MR) is 97.5 cm³/mol. The molecule has 0 radical (unpaired) electrons. The highest BCUT2D eigenvalue weighted by Crippen LogP contribution is 2.28. The number of hydrazine groups is 1. The second kappa shape index (κ2) is 9.96. The maximum absolute atomic E-state index is 12.5. The van der Waals surface area contributed by atoms with Gasteiger partial charge in [0.25, 0.3) is 11.8 Å². The summed E-state index contributed by atoms with van der Waals surface area (Å²) in [4.78, 5) is 23.8. The van der Waals surface area contributed by atoms with E-state index in [2.05, 4.69) is 36.3 Å². The van der Waals surface area contributed by atoms with E-state index < -0.39 is 36.5 Å². The van der Waals surface area contributed by atoms with Crippen molar-refractivity contribution in [2.45, 2.75) is 13.2 Å². The molecule has 0 aliphatic carbocycles. The minimum Gasteiger partial charge on any atom is -0.435 e. The summed E-state index contributed by atoms with van der Waals surface area (Å²) >= 11 is 3.21. The van der Waals surface area contributed by atoms with E-state index in [9.17, 15) is 27.2 Å². The van der Waals surface area contributed by atoms with Crippen molar-refractivity contribution in [1.82, 2.24) is 15.4 Å². The lowest BCUT2D eigenvalue weighted by Gasteiger charge is -2.11. The Bertz CT molecular complexity index is 918. The Kier molecular flexibility index (Phi) is 7.65. The first kappa shape index (κ1) is 22.3. The van der Waals surface area contributed by atoms with Crippen LogP contribution in [0.3, 0.4) is 0 Å². The molecular formula is C17H14BrF4N3O4. The van der Waals surface area contributed by atoms with Crippen LogP contribution in [0, 0.1) is 0 Å². The van der Waals surface area contributed by atoms with E-state index in [0.717, 1.165) is 30.4 Å². The Morgan fingerprint density at radius 2 is 1.79 bits per heavy atom. The molecular weight excluding hydrogens is 466 g/mol. The monoisotopic (exact) mass is 479 g/mol. The van der Waals surface area contributed by atoms with Crippen LogP contribution in [-0.2, 0) is 11.8 Å². The zero-order chi connectivity index (χ0) is 21.6. The Balaban J connectivity index is 2.04. The molecule has 2 rings (SSSR count). The lowest BCUT2D eigenvalue weighted by atomic mass is 10.1. The molecule has 156 valence electrons. The summed E-state index contributed by atoms with van der Waals surface area (Å²) in [6.45, 7) is -6.36. The van der Waals surface area contributed by atoms with Gasteiger partial charge in [-0.25, -0.2) is 0 Å². The second-order valence-corrected chi connectivity index (χ2v) is 6.30. The van der Waals surface area contributed by atoms with Crippen LogP contribution in [0.1, 0.15) is 16.1 Å². The third-order valence-electron chi connectivity index (χ3n) is 3.34. The number of rotatable bonds is 7. The molecule has 2 amide bonds. The first-order valence-corrected chi connectivity index (χ1v) is 8.59. The van der Waals surface area contributed by atoms with Crippen molar-refractivity contribution in [3.8, 4) is 11.5 Å². The van der Waals surface area contributed by atoms with E-state index in [1.807, 2.05) is 0 Å². The van der Waals surface area contributed by atoms with Gasteiger partial charge in [0.05, 0.1) is 0 Å². The SMILES string of the molecule is Cn1cc(Br)cc1C(=O)NNC(=O)/C=C/c1ccc(OC(F)F)cc1OC(F)F. The number of hydrogen-bond acceptors (Lipinski definition) is 4. The van der Waals surface area contributed by atoms with Crippen molar-refractivity contribution in [1.29, 1.82) is 0 Å². The molecule has 0 fully saturated rings. The molecule has 29 heavy (non-hydrogen) atoms. The van der Waals surface area contributed by atoms with Crippen molar-refractivity contribution in [3.63, 3.8) is 0 Å². The number of hydrogen-bond donors (Lipinski definition) is 2. The molecule has 0 atom stereocenters. The van der Waals surface area contributed by atoms with Crippen molar-refractivity contribution >= 4 is 33.8 Å². The number of nitrogens with one attached hydrogen (secondary N) is 2. The summed E-state index contributed by atoms with van der Waals surface area (Å²) in [5, 5.41) is 0. The Labute approximate surface area is 170 Å². The van der Waals surface area contributed by atoms with E-state index in [4.69, 9.17) is 0 Å². The van der Waals surface area contributed by atoms with Gasteiger partial charge in [-0.05, 0) is 40.2 Å². The van der Waals surface area contributed by atoms with Gasteiger partial charge >= 0.3 is 13.2 Å². The standard InChI is InChI=1S/C17H14BrF4N3O4/c1-25-8-10(18)6-12(25)15(27)24-23-14(26)5-3-9-2-4-11(28-16(19)20)7-13(9)29-17(21)22/h2-8,16-17H,1H3,(H,23,26)(H,24,27)/b5-3+. The molecule has 1 aromatic carbocycles. The molecule has 2 N–H and O–H groups in total. The number of amides is 2. The van der Waals surface area contributed by atoms with E-state index in [-0.39, 0.29) is 11.3 Å². The van der Waals surface area contributed by atoms with E-state index >= 15 is 0 Å². The number of halogens is 5. The number of carbonyl (C=O) groups excluding carboxylic acids is 2. The minimum absolute atomic E-state index is 0.000224. The molecule has 0 unspecified atom stereocenters. The average molecular weight is 480 g/mol. The summed E-state index contributed by atoms with van der Waals surface area (Å²) in [7, 11) is 1.63. The van der Waals surface area contributed by atoms with E-state index in [1.54, 1.807) is 13.2 Å². The van der Waals surface area contributed by atoms with Crippen LogP contribution in [0.4, 0.5) is 17.6 Å². The molecule has 1 heterocycles. The quantitative estimate of drug-likeness (QED) is 0.362. The normalized spacial score (nSPS) is 11.2. The molecule has 12 heteroatoms. The number of carbonyl (C=O) groups is 2. The molecule has 2 aromatic rings. The first-order chi connectivity index (χ1) is 13.7. The highest BCUT2D eigenvalue weighted by Gasteiger charge is 2.13. The van der Waals surface area contributed by atoms with Crippen LogP contribution in [0.15, 0.2) is 41.0 Å². The number of nitrogens with zero attached hydrogens (tertiary/aromatic N) is 1. The second-order valence-electron chi connectivity index (χ2n) is 5.39. The van der Waals surface area contributed by atoms with Gasteiger partial charge in [0.1, 0.15) is 17.2 Å². The van der Waals surface area contributed by atoms with Crippen molar-refractivity contribution in [3.05, 3.63) is 52.3 Å². The lowest BCUT2D eigenvalue weighted by Crippen LogP contribution is -2.41. The first-order valence-electron chi connectivity index (χ1n) is 7.79. The zero-order valence-electron chi connectivity index (χ0n) is 14.7. The van der Waals surface area contributed by atoms with Gasteiger partial charge in [-0.1, -0.05) is 0 Å². The van der Waals surface area contributed by atoms with Gasteiger partial charge in [0, 0.05) is 35.4 Å². The fourth-order valence-corrected chi connectivity index (χ4v) is 2.69. The number of aryl methyl sites for hydroxylation is 1. The van der Waals surface area contributed by atoms with E-state index in [1.165, 1.54) is 10.6 Å². The Morgan fingerprint density at radius 3 is 2.38 bits per heavy atom. The third kappa shape index (κ3) is 6.82. The smallest absolute Gasteiger partial charge is 0.387 e. The molecule has 0 bridgehead atoms. The van der Waals surface area contributed by atoms with Crippen LogP contribution in [0.5, 0.6) is 11.5 Å². The fraction of sp³-hybridized carbons (Fsp3) is 0.176. The summed E-state index contributed by atoms with van der Waals surface area (Å²) in [5.74, 6) is -2.23. The van der Waals surface area contributed by atoms with Crippen LogP contribution in [0.25, 0.3) is 6.08 Å². The summed E-state index contributed by atoms with van der Waals surface area (Å²) in [5.41, 5.74) is 4.57. The maximum Gasteiger partial charge on any atom is 0.387 e. The van der Waals surface area contributed by atoms with Crippen molar-refractivity contribution < 1.29 is 36.6 Å².